The van der Waals surface area contributed by atoms with Crippen LogP contribution in [0, 0.1) is 11.8 Å². The topological polar surface area (TPSA) is 53.6 Å². The molecule has 23 heavy (non-hydrogen) atoms. The van der Waals surface area contributed by atoms with E-state index in [2.05, 4.69) is 29.1 Å². The molecule has 0 radical (unpaired) electrons. The Kier molecular flexibility index (Phi) is 10.5. The first kappa shape index (κ1) is 21.0. The van der Waals surface area contributed by atoms with E-state index in [1.54, 1.807) is 0 Å². The van der Waals surface area contributed by atoms with Gasteiger partial charge in [0.05, 0.1) is 0 Å². The van der Waals surface area contributed by atoms with Crippen molar-refractivity contribution in [1.29, 1.82) is 0 Å². The molecule has 1 aliphatic heterocycles. The normalized spacial score (nSPS) is 22.1. The molecule has 3 N–H and O–H groups in total. The first-order valence-electron chi connectivity index (χ1n) is 9.42. The molecular formula is C18H37IN4. The maximum atomic E-state index is 6.06. The van der Waals surface area contributed by atoms with Crippen molar-refractivity contribution in [2.24, 2.45) is 22.6 Å². The van der Waals surface area contributed by atoms with E-state index >= 15 is 0 Å². The van der Waals surface area contributed by atoms with Gasteiger partial charge < -0.3 is 16.0 Å². The van der Waals surface area contributed by atoms with E-state index in [1.807, 2.05) is 0 Å². The molecule has 0 aromatic carbocycles. The second-order valence-electron chi connectivity index (χ2n) is 7.67. The van der Waals surface area contributed by atoms with Gasteiger partial charge in [0.2, 0.25) is 0 Å². The number of nitrogens with one attached hydrogen (secondary N) is 1. The quantitative estimate of drug-likeness (QED) is 0.380. The van der Waals surface area contributed by atoms with Crippen molar-refractivity contribution in [2.45, 2.75) is 71.3 Å². The summed E-state index contributed by atoms with van der Waals surface area (Å²) in [5.41, 5.74) is 6.06. The summed E-state index contributed by atoms with van der Waals surface area (Å²) >= 11 is 0. The van der Waals surface area contributed by atoms with Crippen molar-refractivity contribution in [3.63, 3.8) is 0 Å². The van der Waals surface area contributed by atoms with Gasteiger partial charge in [0.15, 0.2) is 5.96 Å². The Hall–Kier alpha value is -0.0400. The van der Waals surface area contributed by atoms with Crippen molar-refractivity contribution >= 4 is 29.9 Å². The number of nitrogens with two attached hydrogens (primary N) is 1. The van der Waals surface area contributed by atoms with Gasteiger partial charge in [0.1, 0.15) is 0 Å². The SMILES string of the molecule is CC(C)CCN1CCC(CN=C(N)NC2CCCCC2)CC1.I. The van der Waals surface area contributed by atoms with Gasteiger partial charge in [0.25, 0.3) is 0 Å². The molecule has 2 rings (SSSR count). The van der Waals surface area contributed by atoms with E-state index in [9.17, 15) is 0 Å². The minimum atomic E-state index is 0. The Morgan fingerprint density at radius 1 is 1.13 bits per heavy atom. The van der Waals surface area contributed by atoms with Gasteiger partial charge >= 0.3 is 0 Å². The number of likely N-dealkylation sites (tertiary alicyclic amines) is 1. The van der Waals surface area contributed by atoms with Crippen LogP contribution in [0.4, 0.5) is 0 Å². The predicted molar refractivity (Wildman–Crippen MR) is 111 cm³/mol. The number of piperidine rings is 1. The summed E-state index contributed by atoms with van der Waals surface area (Å²) in [7, 11) is 0. The van der Waals surface area contributed by atoms with E-state index in [1.165, 1.54) is 71.0 Å². The first-order valence-corrected chi connectivity index (χ1v) is 9.42. The highest BCUT2D eigenvalue weighted by Gasteiger charge is 2.19. The minimum absolute atomic E-state index is 0. The van der Waals surface area contributed by atoms with Crippen LogP contribution in [-0.4, -0.2) is 43.1 Å². The maximum Gasteiger partial charge on any atom is 0.188 e. The summed E-state index contributed by atoms with van der Waals surface area (Å²) in [6.45, 7) is 9.27. The minimum Gasteiger partial charge on any atom is -0.370 e. The lowest BCUT2D eigenvalue weighted by Gasteiger charge is -2.31. The molecule has 1 heterocycles. The second kappa shape index (κ2) is 11.5. The summed E-state index contributed by atoms with van der Waals surface area (Å²) in [6.07, 6.45) is 10.4. The van der Waals surface area contributed by atoms with E-state index in [4.69, 9.17) is 5.73 Å². The second-order valence-corrected chi connectivity index (χ2v) is 7.67. The fourth-order valence-electron chi connectivity index (χ4n) is 3.56. The molecule has 0 atom stereocenters. The Bertz CT molecular complexity index is 332. The Labute approximate surface area is 160 Å². The van der Waals surface area contributed by atoms with Crippen LogP contribution in [0.5, 0.6) is 0 Å². The molecule has 4 nitrogen and oxygen atoms in total. The van der Waals surface area contributed by atoms with Gasteiger partial charge in [-0.25, -0.2) is 0 Å². The summed E-state index contributed by atoms with van der Waals surface area (Å²) in [6, 6.07) is 0.565. The average molecular weight is 436 g/mol. The average Bonchev–Trinajstić information content (AvgIpc) is 2.53. The van der Waals surface area contributed by atoms with E-state index in [-0.39, 0.29) is 24.0 Å². The third kappa shape index (κ3) is 8.57. The van der Waals surface area contributed by atoms with Crippen molar-refractivity contribution in [1.82, 2.24) is 10.2 Å². The van der Waals surface area contributed by atoms with Crippen molar-refractivity contribution < 1.29 is 0 Å². The van der Waals surface area contributed by atoms with Crippen LogP contribution in [0.2, 0.25) is 0 Å². The summed E-state index contributed by atoms with van der Waals surface area (Å²) < 4.78 is 0. The first-order chi connectivity index (χ1) is 10.6. The Morgan fingerprint density at radius 2 is 1.78 bits per heavy atom. The monoisotopic (exact) mass is 436 g/mol. The standard InChI is InChI=1S/C18H36N4.HI/c1-15(2)8-11-22-12-9-16(10-13-22)14-20-18(19)21-17-6-4-3-5-7-17;/h15-17H,3-14H2,1-2H3,(H3,19,20,21);1H. The molecule has 0 aromatic heterocycles. The Balaban J connectivity index is 0.00000264. The lowest BCUT2D eigenvalue weighted by molar-refractivity contribution is 0.180. The smallest absolute Gasteiger partial charge is 0.188 e. The van der Waals surface area contributed by atoms with Gasteiger partial charge in [-0.15, -0.1) is 24.0 Å². The molecular weight excluding hydrogens is 399 g/mol. The molecule has 5 heteroatoms. The fourth-order valence-corrected chi connectivity index (χ4v) is 3.56. The van der Waals surface area contributed by atoms with Gasteiger partial charge in [0, 0.05) is 12.6 Å². The van der Waals surface area contributed by atoms with Crippen LogP contribution in [0.3, 0.4) is 0 Å². The number of rotatable bonds is 6. The Morgan fingerprint density at radius 3 is 2.39 bits per heavy atom. The van der Waals surface area contributed by atoms with Crippen LogP contribution in [-0.2, 0) is 0 Å². The number of hydrogen-bond acceptors (Lipinski definition) is 2. The van der Waals surface area contributed by atoms with Gasteiger partial charge in [-0.3, -0.25) is 4.99 Å². The highest BCUT2D eigenvalue weighted by molar-refractivity contribution is 14.0. The number of hydrogen-bond donors (Lipinski definition) is 2. The largest absolute Gasteiger partial charge is 0.370 e. The van der Waals surface area contributed by atoms with Crippen LogP contribution in [0.1, 0.15) is 65.2 Å². The van der Waals surface area contributed by atoms with Crippen LogP contribution in [0.25, 0.3) is 0 Å². The van der Waals surface area contributed by atoms with Crippen molar-refractivity contribution in [3.05, 3.63) is 0 Å². The van der Waals surface area contributed by atoms with E-state index in [0.717, 1.165) is 18.4 Å². The number of nitrogens with zero attached hydrogens (tertiary/aromatic N) is 2. The van der Waals surface area contributed by atoms with Gasteiger partial charge in [-0.2, -0.15) is 0 Å². The van der Waals surface area contributed by atoms with Crippen LogP contribution in [0.15, 0.2) is 4.99 Å². The predicted octanol–water partition coefficient (Wildman–Crippen LogP) is 3.60. The summed E-state index contributed by atoms with van der Waals surface area (Å²) in [5.74, 6) is 2.21. The molecule has 0 aromatic rings. The molecule has 2 aliphatic rings. The lowest BCUT2D eigenvalue weighted by Crippen LogP contribution is -2.41. The third-order valence-corrected chi connectivity index (χ3v) is 5.21. The zero-order valence-electron chi connectivity index (χ0n) is 15.1. The number of guanidine groups is 1. The zero-order chi connectivity index (χ0) is 15.8. The molecule has 0 unspecified atom stereocenters. The molecule has 0 amide bonds. The summed E-state index contributed by atoms with van der Waals surface area (Å²) in [5, 5.41) is 3.42. The zero-order valence-corrected chi connectivity index (χ0v) is 17.4. The summed E-state index contributed by atoms with van der Waals surface area (Å²) in [4.78, 5) is 7.22. The number of halogens is 1. The van der Waals surface area contributed by atoms with Crippen molar-refractivity contribution in [3.8, 4) is 0 Å². The number of aliphatic imine (C=N–C) groups is 1. The van der Waals surface area contributed by atoms with Crippen molar-refractivity contribution in [2.75, 3.05) is 26.2 Å². The highest BCUT2D eigenvalue weighted by Crippen LogP contribution is 2.19. The third-order valence-electron chi connectivity index (χ3n) is 5.21. The van der Waals surface area contributed by atoms with E-state index < -0.39 is 0 Å². The molecule has 0 spiro atoms. The molecule has 1 aliphatic carbocycles. The van der Waals surface area contributed by atoms with Crippen LogP contribution < -0.4 is 11.1 Å². The fraction of sp³-hybridized carbons (Fsp3) is 0.944. The van der Waals surface area contributed by atoms with Crippen LogP contribution >= 0.6 is 24.0 Å². The molecule has 0 bridgehead atoms. The van der Waals surface area contributed by atoms with Gasteiger partial charge in [-0.05, 0) is 63.6 Å². The maximum absolute atomic E-state index is 6.06. The highest BCUT2D eigenvalue weighted by atomic mass is 127. The molecule has 1 saturated heterocycles. The molecule has 2 fully saturated rings. The van der Waals surface area contributed by atoms with Gasteiger partial charge in [-0.1, -0.05) is 33.1 Å². The molecule has 136 valence electrons. The lowest BCUT2D eigenvalue weighted by atomic mass is 9.95. The molecule has 1 saturated carbocycles. The van der Waals surface area contributed by atoms with E-state index in [0.29, 0.717) is 12.0 Å².